The molecule has 0 spiro atoms. The summed E-state index contributed by atoms with van der Waals surface area (Å²) in [7, 11) is 0. The van der Waals surface area contributed by atoms with E-state index in [4.69, 9.17) is 15.0 Å². The van der Waals surface area contributed by atoms with Crippen molar-refractivity contribution in [3.05, 3.63) is 185 Å². The molecule has 7 rings (SSSR count). The van der Waals surface area contributed by atoms with E-state index < -0.39 is 10.8 Å². The fraction of sp³-hybridized carbons (Fsp3) is 0.233. The van der Waals surface area contributed by atoms with E-state index in [1.54, 1.807) is 0 Å². The minimum absolute atomic E-state index is 0.443. The predicted octanol–water partition coefficient (Wildman–Crippen LogP) is 10.2. The lowest BCUT2D eigenvalue weighted by Gasteiger charge is -2.32. The number of hydrogen-bond acceptors (Lipinski definition) is 3. The molecule has 6 aromatic rings. The van der Waals surface area contributed by atoms with Crippen molar-refractivity contribution in [1.82, 2.24) is 15.0 Å². The molecule has 0 aliphatic heterocycles. The van der Waals surface area contributed by atoms with Gasteiger partial charge in [-0.25, -0.2) is 0 Å². The maximum absolute atomic E-state index is 5.55. The van der Waals surface area contributed by atoms with Crippen molar-refractivity contribution >= 4 is 0 Å². The number of rotatable bonds is 8. The van der Waals surface area contributed by atoms with Crippen LogP contribution in [0.4, 0.5) is 0 Å². The Kier molecular flexibility index (Phi) is 8.09. The Balaban J connectivity index is 1.46. The molecule has 1 aliphatic rings. The van der Waals surface area contributed by atoms with Crippen molar-refractivity contribution in [1.29, 1.82) is 0 Å². The Labute approximate surface area is 273 Å². The van der Waals surface area contributed by atoms with Crippen LogP contribution in [0.2, 0.25) is 0 Å². The van der Waals surface area contributed by atoms with Crippen LogP contribution < -0.4 is 0 Å². The smallest absolute Gasteiger partial charge is 0.0768 e. The monoisotopic (exact) mass is 599 g/mol. The molecule has 3 heterocycles. The van der Waals surface area contributed by atoms with Gasteiger partial charge in [-0.1, -0.05) is 97.3 Å². The minimum Gasteiger partial charge on any atom is -0.260 e. The molecule has 1 aliphatic carbocycles. The second kappa shape index (κ2) is 12.5. The molecule has 2 unspecified atom stereocenters. The van der Waals surface area contributed by atoms with Gasteiger partial charge < -0.3 is 0 Å². The average molecular weight is 600 g/mol. The van der Waals surface area contributed by atoms with Crippen LogP contribution in [0.25, 0.3) is 11.3 Å². The Bertz CT molecular complexity index is 1830. The molecule has 0 radical (unpaired) electrons. The zero-order chi connectivity index (χ0) is 31.6. The van der Waals surface area contributed by atoms with Crippen LogP contribution in [0.15, 0.2) is 140 Å². The van der Waals surface area contributed by atoms with Crippen molar-refractivity contribution in [3.63, 3.8) is 0 Å². The molecule has 0 saturated heterocycles. The number of aromatic nitrogens is 3. The third-order valence-corrected chi connectivity index (χ3v) is 10.2. The van der Waals surface area contributed by atoms with Gasteiger partial charge in [-0.2, -0.15) is 0 Å². The Morgan fingerprint density at radius 1 is 0.543 bits per heavy atom. The van der Waals surface area contributed by atoms with E-state index >= 15 is 0 Å². The van der Waals surface area contributed by atoms with Crippen LogP contribution >= 0.6 is 0 Å². The summed E-state index contributed by atoms with van der Waals surface area (Å²) in [5.74, 6) is 0.539. The zero-order valence-corrected chi connectivity index (χ0v) is 27.0. The van der Waals surface area contributed by atoms with Gasteiger partial charge in [0, 0.05) is 18.0 Å². The Morgan fingerprint density at radius 2 is 1.11 bits per heavy atom. The van der Waals surface area contributed by atoms with E-state index in [9.17, 15) is 0 Å². The van der Waals surface area contributed by atoms with Gasteiger partial charge in [-0.15, -0.1) is 0 Å². The molecule has 0 amide bonds. The Morgan fingerprint density at radius 3 is 1.70 bits per heavy atom. The normalized spacial score (nSPS) is 16.1. The molecule has 0 bridgehead atoms. The third-order valence-electron chi connectivity index (χ3n) is 10.2. The number of nitrogens with zero attached hydrogens (tertiary/aromatic N) is 3. The highest BCUT2D eigenvalue weighted by Gasteiger charge is 2.36. The Hall–Kier alpha value is -4.89. The third kappa shape index (κ3) is 5.45. The van der Waals surface area contributed by atoms with E-state index in [1.807, 2.05) is 24.5 Å². The first-order valence-electron chi connectivity index (χ1n) is 16.6. The lowest BCUT2D eigenvalue weighted by atomic mass is 9.72. The van der Waals surface area contributed by atoms with Gasteiger partial charge in [-0.3, -0.25) is 15.0 Å². The van der Waals surface area contributed by atoms with E-state index in [1.165, 1.54) is 53.5 Å². The highest BCUT2D eigenvalue weighted by Crippen LogP contribution is 2.43. The van der Waals surface area contributed by atoms with Crippen molar-refractivity contribution in [2.75, 3.05) is 0 Å². The van der Waals surface area contributed by atoms with Crippen LogP contribution in [-0.2, 0) is 10.8 Å². The summed E-state index contributed by atoms with van der Waals surface area (Å²) in [4.78, 5) is 15.4. The van der Waals surface area contributed by atoms with Crippen molar-refractivity contribution in [2.45, 2.75) is 63.2 Å². The summed E-state index contributed by atoms with van der Waals surface area (Å²) in [5, 5.41) is 0. The molecule has 3 aromatic heterocycles. The lowest BCUT2D eigenvalue weighted by Crippen LogP contribution is -2.28. The maximum Gasteiger partial charge on any atom is 0.0768 e. The maximum atomic E-state index is 5.55. The highest BCUT2D eigenvalue weighted by atomic mass is 14.8. The largest absolute Gasteiger partial charge is 0.260 e. The molecule has 228 valence electrons. The summed E-state index contributed by atoms with van der Waals surface area (Å²) < 4.78 is 0. The van der Waals surface area contributed by atoms with Crippen LogP contribution in [0, 0.1) is 6.92 Å². The van der Waals surface area contributed by atoms with Gasteiger partial charge in [0.05, 0.1) is 33.6 Å². The molecule has 3 heteroatoms. The fourth-order valence-corrected chi connectivity index (χ4v) is 7.42. The summed E-state index contributed by atoms with van der Waals surface area (Å²) in [6.07, 6.45) is 8.80. The standard InChI is InChI=1S/C43H41N3/c1-31-26-34(28-37(27-31)42(2,35-18-6-4-7-19-35)39-22-12-14-24-44-39)38-29-33(32-16-10-11-17-32)30-41(46-38)43(3,36-20-8-5-9-21-36)40-23-13-15-25-45-40/h4-9,12-15,18-30,32H,10-11,16-17H2,1-3H3. The zero-order valence-electron chi connectivity index (χ0n) is 27.0. The summed E-state index contributed by atoms with van der Waals surface area (Å²) in [6.45, 7) is 6.77. The van der Waals surface area contributed by atoms with Crippen molar-refractivity contribution < 1.29 is 0 Å². The molecular formula is C43H41N3. The van der Waals surface area contributed by atoms with E-state index in [0.29, 0.717) is 5.92 Å². The molecule has 1 fully saturated rings. The highest BCUT2D eigenvalue weighted by molar-refractivity contribution is 5.66. The number of pyridine rings is 3. The van der Waals surface area contributed by atoms with E-state index in [2.05, 4.69) is 136 Å². The van der Waals surface area contributed by atoms with Gasteiger partial charge in [0.15, 0.2) is 0 Å². The van der Waals surface area contributed by atoms with Crippen molar-refractivity contribution in [2.24, 2.45) is 0 Å². The van der Waals surface area contributed by atoms with Gasteiger partial charge >= 0.3 is 0 Å². The molecule has 2 atom stereocenters. The van der Waals surface area contributed by atoms with Crippen LogP contribution in [0.1, 0.15) is 90.3 Å². The molecule has 46 heavy (non-hydrogen) atoms. The molecule has 3 aromatic carbocycles. The number of benzene rings is 3. The van der Waals surface area contributed by atoms with E-state index in [-0.39, 0.29) is 0 Å². The fourth-order valence-electron chi connectivity index (χ4n) is 7.42. The van der Waals surface area contributed by atoms with Gasteiger partial charge in [-0.05, 0) is 110 Å². The first-order chi connectivity index (χ1) is 22.5. The number of hydrogen-bond donors (Lipinski definition) is 0. The average Bonchev–Trinajstić information content (AvgIpc) is 3.67. The minimum atomic E-state index is -0.523. The van der Waals surface area contributed by atoms with Crippen LogP contribution in [0.5, 0.6) is 0 Å². The summed E-state index contributed by atoms with van der Waals surface area (Å²) in [6, 6.07) is 45.6. The quantitative estimate of drug-likeness (QED) is 0.175. The number of aryl methyl sites for hydroxylation is 1. The lowest BCUT2D eigenvalue weighted by molar-refractivity contribution is 0.634. The van der Waals surface area contributed by atoms with Gasteiger partial charge in [0.1, 0.15) is 0 Å². The van der Waals surface area contributed by atoms with Gasteiger partial charge in [0.2, 0.25) is 0 Å². The molecule has 1 saturated carbocycles. The molecule has 0 N–H and O–H groups in total. The first kappa shape index (κ1) is 29.8. The summed E-state index contributed by atoms with van der Waals surface area (Å²) >= 11 is 0. The summed E-state index contributed by atoms with van der Waals surface area (Å²) in [5.41, 5.74) is 10.4. The molecular weight excluding hydrogens is 558 g/mol. The second-order valence-electron chi connectivity index (χ2n) is 13.2. The van der Waals surface area contributed by atoms with Crippen LogP contribution in [0.3, 0.4) is 0 Å². The van der Waals surface area contributed by atoms with E-state index in [0.717, 1.165) is 28.3 Å². The predicted molar refractivity (Wildman–Crippen MR) is 188 cm³/mol. The van der Waals surface area contributed by atoms with Crippen molar-refractivity contribution in [3.8, 4) is 11.3 Å². The van der Waals surface area contributed by atoms with Gasteiger partial charge in [0.25, 0.3) is 0 Å². The molecule has 3 nitrogen and oxygen atoms in total. The van der Waals surface area contributed by atoms with Crippen LogP contribution in [-0.4, -0.2) is 15.0 Å². The second-order valence-corrected chi connectivity index (χ2v) is 13.2. The SMILES string of the molecule is Cc1cc(-c2cc(C3CCCC3)cc(C(C)(c3ccccc3)c3ccccn3)n2)cc(C(C)(c2ccccc2)c2ccccn2)c1. The topological polar surface area (TPSA) is 38.7 Å². The first-order valence-corrected chi connectivity index (χ1v) is 16.6.